The summed E-state index contributed by atoms with van der Waals surface area (Å²) in [4.78, 5) is 22.9. The molecule has 0 aliphatic rings. The van der Waals surface area contributed by atoms with E-state index in [1.54, 1.807) is 0 Å². The molecule has 0 unspecified atom stereocenters. The largest absolute Gasteiger partial charge is 0.350 e. The Balaban J connectivity index is 2.12. The molecule has 2 amide bonds. The molecule has 0 aliphatic heterocycles. The van der Waals surface area contributed by atoms with Gasteiger partial charge in [0.2, 0.25) is 11.8 Å². The predicted molar refractivity (Wildman–Crippen MR) is 74.5 cm³/mol. The number of benzene rings is 1. The molecule has 0 aromatic heterocycles. The van der Waals surface area contributed by atoms with E-state index in [1.165, 1.54) is 0 Å². The number of hydrogen-bond acceptors (Lipinski definition) is 3. The number of nitrogens with one attached hydrogen (secondary N) is 3. The molecule has 0 spiro atoms. The Bertz CT molecular complexity index is 393. The van der Waals surface area contributed by atoms with Crippen LogP contribution in [-0.4, -0.2) is 32.0 Å². The van der Waals surface area contributed by atoms with Crippen LogP contribution in [0.1, 0.15) is 18.4 Å². The maximum Gasteiger partial charge on any atom is 0.239 e. The third kappa shape index (κ3) is 7.21. The lowest BCUT2D eigenvalue weighted by atomic mass is 10.2. The molecule has 0 radical (unpaired) electrons. The second kappa shape index (κ2) is 9.10. The first kappa shape index (κ1) is 15.2. The summed E-state index contributed by atoms with van der Waals surface area (Å²) in [6.45, 7) is 1.31. The highest BCUT2D eigenvalue weighted by molar-refractivity contribution is 5.84. The summed E-state index contributed by atoms with van der Waals surface area (Å²) in [5, 5.41) is 8.32. The Morgan fingerprint density at radius 2 is 1.79 bits per heavy atom. The van der Waals surface area contributed by atoms with Crippen LogP contribution >= 0.6 is 0 Å². The molecule has 3 N–H and O–H groups in total. The highest BCUT2D eigenvalue weighted by Gasteiger charge is 2.04. The van der Waals surface area contributed by atoms with E-state index in [1.807, 2.05) is 37.4 Å². The van der Waals surface area contributed by atoms with Gasteiger partial charge in [0, 0.05) is 13.0 Å². The van der Waals surface area contributed by atoms with Crippen molar-refractivity contribution in [3.05, 3.63) is 35.9 Å². The quantitative estimate of drug-likeness (QED) is 0.595. The molecule has 1 rings (SSSR count). The zero-order valence-corrected chi connectivity index (χ0v) is 11.2. The number of rotatable bonds is 8. The van der Waals surface area contributed by atoms with Crippen molar-refractivity contribution in [2.45, 2.75) is 19.4 Å². The number of carbonyl (C=O) groups excluding carboxylic acids is 2. The van der Waals surface area contributed by atoms with Crippen LogP contribution < -0.4 is 16.0 Å². The first-order chi connectivity index (χ1) is 9.22. The minimum Gasteiger partial charge on any atom is -0.350 e. The third-order valence-corrected chi connectivity index (χ3v) is 2.61. The number of amides is 2. The highest BCUT2D eigenvalue weighted by Crippen LogP contribution is 1.96. The summed E-state index contributed by atoms with van der Waals surface area (Å²) in [5.41, 5.74) is 1.04. The lowest BCUT2D eigenvalue weighted by Crippen LogP contribution is -2.36. The molecular formula is C14H21N3O2. The smallest absolute Gasteiger partial charge is 0.239 e. The standard InChI is InChI=1S/C14H21N3O2/c1-15-9-5-8-13(18)17-11-14(19)16-10-12-6-3-2-4-7-12/h2-4,6-7,15H,5,8-11H2,1H3,(H,16,19)(H,17,18). The predicted octanol–water partition coefficient (Wildman–Crippen LogP) is 0.419. The van der Waals surface area contributed by atoms with Gasteiger partial charge in [0.05, 0.1) is 6.54 Å². The molecule has 0 heterocycles. The topological polar surface area (TPSA) is 70.2 Å². The second-order valence-corrected chi connectivity index (χ2v) is 4.25. The molecule has 0 aliphatic carbocycles. The lowest BCUT2D eigenvalue weighted by Gasteiger charge is -2.07. The highest BCUT2D eigenvalue weighted by atomic mass is 16.2. The van der Waals surface area contributed by atoms with Crippen molar-refractivity contribution in [1.82, 2.24) is 16.0 Å². The first-order valence-corrected chi connectivity index (χ1v) is 6.44. The summed E-state index contributed by atoms with van der Waals surface area (Å²) < 4.78 is 0. The van der Waals surface area contributed by atoms with Gasteiger partial charge in [-0.2, -0.15) is 0 Å². The van der Waals surface area contributed by atoms with Crippen molar-refractivity contribution >= 4 is 11.8 Å². The van der Waals surface area contributed by atoms with Crippen LogP contribution in [0.25, 0.3) is 0 Å². The van der Waals surface area contributed by atoms with Gasteiger partial charge in [-0.05, 0) is 25.6 Å². The third-order valence-electron chi connectivity index (χ3n) is 2.61. The summed E-state index contributed by atoms with van der Waals surface area (Å²) in [6.07, 6.45) is 1.21. The zero-order chi connectivity index (χ0) is 13.9. The van der Waals surface area contributed by atoms with Crippen molar-refractivity contribution in [3.8, 4) is 0 Å². The van der Waals surface area contributed by atoms with Gasteiger partial charge in [0.15, 0.2) is 0 Å². The number of hydrogen-bond donors (Lipinski definition) is 3. The van der Waals surface area contributed by atoms with Crippen LogP contribution in [0.3, 0.4) is 0 Å². The van der Waals surface area contributed by atoms with Gasteiger partial charge in [-0.15, -0.1) is 0 Å². The van der Waals surface area contributed by atoms with E-state index in [2.05, 4.69) is 16.0 Å². The van der Waals surface area contributed by atoms with E-state index < -0.39 is 0 Å². The fourth-order valence-corrected chi connectivity index (χ4v) is 1.55. The molecule has 0 fully saturated rings. The van der Waals surface area contributed by atoms with E-state index in [-0.39, 0.29) is 18.4 Å². The molecule has 19 heavy (non-hydrogen) atoms. The molecule has 1 aromatic carbocycles. The normalized spacial score (nSPS) is 9.95. The SMILES string of the molecule is CNCCCC(=O)NCC(=O)NCc1ccccc1. The lowest BCUT2D eigenvalue weighted by molar-refractivity contribution is -0.126. The van der Waals surface area contributed by atoms with E-state index in [0.717, 1.165) is 18.5 Å². The van der Waals surface area contributed by atoms with Crippen LogP contribution in [0.2, 0.25) is 0 Å². The van der Waals surface area contributed by atoms with Crippen molar-refractivity contribution in [3.63, 3.8) is 0 Å². The van der Waals surface area contributed by atoms with Crippen molar-refractivity contribution in [2.75, 3.05) is 20.1 Å². The van der Waals surface area contributed by atoms with Gasteiger partial charge >= 0.3 is 0 Å². The fourth-order valence-electron chi connectivity index (χ4n) is 1.55. The van der Waals surface area contributed by atoms with Gasteiger partial charge in [0.1, 0.15) is 0 Å². The molecule has 104 valence electrons. The summed E-state index contributed by atoms with van der Waals surface area (Å²) in [5.74, 6) is -0.268. The van der Waals surface area contributed by atoms with Crippen LogP contribution in [0.15, 0.2) is 30.3 Å². The van der Waals surface area contributed by atoms with Crippen LogP contribution in [0.4, 0.5) is 0 Å². The molecule has 5 heteroatoms. The zero-order valence-electron chi connectivity index (χ0n) is 11.2. The van der Waals surface area contributed by atoms with Crippen molar-refractivity contribution < 1.29 is 9.59 Å². The molecule has 0 atom stereocenters. The van der Waals surface area contributed by atoms with Gasteiger partial charge in [0.25, 0.3) is 0 Å². The average molecular weight is 263 g/mol. The van der Waals surface area contributed by atoms with Crippen LogP contribution in [0, 0.1) is 0 Å². The van der Waals surface area contributed by atoms with E-state index >= 15 is 0 Å². The van der Waals surface area contributed by atoms with Gasteiger partial charge in [-0.3, -0.25) is 9.59 Å². The van der Waals surface area contributed by atoms with Crippen molar-refractivity contribution in [1.29, 1.82) is 0 Å². The fraction of sp³-hybridized carbons (Fsp3) is 0.429. The monoisotopic (exact) mass is 263 g/mol. The Hall–Kier alpha value is -1.88. The molecular weight excluding hydrogens is 242 g/mol. The number of carbonyl (C=O) groups is 2. The average Bonchev–Trinajstić information content (AvgIpc) is 2.44. The van der Waals surface area contributed by atoms with Gasteiger partial charge in [-0.25, -0.2) is 0 Å². The second-order valence-electron chi connectivity index (χ2n) is 4.25. The minimum absolute atomic E-state index is 0.0330. The summed E-state index contributed by atoms with van der Waals surface area (Å²) in [7, 11) is 1.84. The maximum absolute atomic E-state index is 11.5. The Morgan fingerprint density at radius 3 is 2.47 bits per heavy atom. The van der Waals surface area contributed by atoms with Gasteiger partial charge < -0.3 is 16.0 Å². The molecule has 0 saturated carbocycles. The van der Waals surface area contributed by atoms with E-state index in [4.69, 9.17) is 0 Å². The first-order valence-electron chi connectivity index (χ1n) is 6.44. The molecule has 1 aromatic rings. The van der Waals surface area contributed by atoms with E-state index in [0.29, 0.717) is 13.0 Å². The molecule has 5 nitrogen and oxygen atoms in total. The summed E-state index contributed by atoms with van der Waals surface area (Å²) in [6, 6.07) is 9.65. The van der Waals surface area contributed by atoms with Crippen LogP contribution in [-0.2, 0) is 16.1 Å². The summed E-state index contributed by atoms with van der Waals surface area (Å²) >= 11 is 0. The van der Waals surface area contributed by atoms with Crippen molar-refractivity contribution in [2.24, 2.45) is 0 Å². The molecule has 0 saturated heterocycles. The Kier molecular flexibility index (Phi) is 7.27. The van der Waals surface area contributed by atoms with Crippen LogP contribution in [0.5, 0.6) is 0 Å². The van der Waals surface area contributed by atoms with Gasteiger partial charge in [-0.1, -0.05) is 30.3 Å². The van der Waals surface area contributed by atoms with E-state index in [9.17, 15) is 9.59 Å². The maximum atomic E-state index is 11.5. The molecule has 0 bridgehead atoms. The minimum atomic E-state index is -0.175. The Labute approximate surface area is 113 Å². The Morgan fingerprint density at radius 1 is 1.05 bits per heavy atom.